The lowest BCUT2D eigenvalue weighted by molar-refractivity contribution is 0.597. The maximum atomic E-state index is 11.5. The highest BCUT2D eigenvalue weighted by atomic mass is 35.5. The van der Waals surface area contributed by atoms with Crippen molar-refractivity contribution in [3.8, 4) is 0 Å². The van der Waals surface area contributed by atoms with Crippen molar-refractivity contribution in [1.29, 1.82) is 0 Å². The van der Waals surface area contributed by atoms with Crippen molar-refractivity contribution >= 4 is 44.4 Å². The lowest BCUT2D eigenvalue weighted by atomic mass is 10.2. The summed E-state index contributed by atoms with van der Waals surface area (Å²) in [5, 5.41) is 11.7. The zero-order chi connectivity index (χ0) is 18.7. The zero-order valence-corrected chi connectivity index (χ0v) is 15.5. The summed E-state index contributed by atoms with van der Waals surface area (Å²) in [5.41, 5.74) is 1.96. The van der Waals surface area contributed by atoms with Crippen LogP contribution in [0.25, 0.3) is 11.0 Å². The van der Waals surface area contributed by atoms with E-state index in [1.807, 2.05) is 6.92 Å². The van der Waals surface area contributed by atoms with Gasteiger partial charge in [-0.2, -0.15) is 4.98 Å². The SMILES string of the molecule is CCNc1nc(NCc2cccc(S(N)(=O)=O)c2)nc2ccc(Cl)nc12. The largest absolute Gasteiger partial charge is 0.368 e. The lowest BCUT2D eigenvalue weighted by Crippen LogP contribution is -2.13. The van der Waals surface area contributed by atoms with Crippen LogP contribution in [0.2, 0.25) is 5.15 Å². The van der Waals surface area contributed by atoms with E-state index in [0.29, 0.717) is 41.0 Å². The highest BCUT2D eigenvalue weighted by molar-refractivity contribution is 7.89. The highest BCUT2D eigenvalue weighted by Crippen LogP contribution is 2.22. The Morgan fingerprint density at radius 1 is 1.12 bits per heavy atom. The number of halogens is 1. The molecule has 0 aliphatic rings. The molecular formula is C16H17ClN6O2S. The van der Waals surface area contributed by atoms with Crippen LogP contribution in [0.5, 0.6) is 0 Å². The molecule has 3 rings (SSSR count). The molecular weight excluding hydrogens is 376 g/mol. The van der Waals surface area contributed by atoms with Gasteiger partial charge in [-0.1, -0.05) is 23.7 Å². The summed E-state index contributed by atoms with van der Waals surface area (Å²) in [4.78, 5) is 13.2. The van der Waals surface area contributed by atoms with E-state index in [2.05, 4.69) is 25.6 Å². The number of hydrogen-bond donors (Lipinski definition) is 3. The smallest absolute Gasteiger partial charge is 0.238 e. The van der Waals surface area contributed by atoms with Gasteiger partial charge in [-0.3, -0.25) is 0 Å². The highest BCUT2D eigenvalue weighted by Gasteiger charge is 2.11. The van der Waals surface area contributed by atoms with Crippen molar-refractivity contribution in [2.45, 2.75) is 18.4 Å². The average Bonchev–Trinajstić information content (AvgIpc) is 2.60. The summed E-state index contributed by atoms with van der Waals surface area (Å²) in [6.07, 6.45) is 0. The van der Waals surface area contributed by atoms with Crippen molar-refractivity contribution in [2.24, 2.45) is 5.14 Å². The zero-order valence-electron chi connectivity index (χ0n) is 13.9. The molecule has 0 aliphatic heterocycles. The molecule has 26 heavy (non-hydrogen) atoms. The molecule has 0 amide bonds. The van der Waals surface area contributed by atoms with E-state index in [-0.39, 0.29) is 4.90 Å². The van der Waals surface area contributed by atoms with Gasteiger partial charge in [0.15, 0.2) is 5.82 Å². The minimum atomic E-state index is -3.75. The van der Waals surface area contributed by atoms with Crippen LogP contribution in [0.15, 0.2) is 41.3 Å². The van der Waals surface area contributed by atoms with Crippen molar-refractivity contribution in [2.75, 3.05) is 17.2 Å². The fraction of sp³-hybridized carbons (Fsp3) is 0.188. The fourth-order valence-corrected chi connectivity index (χ4v) is 3.11. The van der Waals surface area contributed by atoms with E-state index in [0.717, 1.165) is 5.56 Å². The normalized spacial score (nSPS) is 11.5. The Hall–Kier alpha value is -2.49. The summed E-state index contributed by atoms with van der Waals surface area (Å²) >= 11 is 5.95. The summed E-state index contributed by atoms with van der Waals surface area (Å²) < 4.78 is 22.9. The van der Waals surface area contributed by atoms with Gasteiger partial charge in [-0.15, -0.1) is 0 Å². The topological polar surface area (TPSA) is 123 Å². The molecule has 136 valence electrons. The number of primary sulfonamides is 1. The van der Waals surface area contributed by atoms with Gasteiger partial charge in [-0.05, 0) is 36.8 Å². The molecule has 4 N–H and O–H groups in total. The number of aromatic nitrogens is 3. The molecule has 0 spiro atoms. The molecule has 2 aromatic heterocycles. The van der Waals surface area contributed by atoms with E-state index >= 15 is 0 Å². The predicted octanol–water partition coefficient (Wildman–Crippen LogP) is 2.37. The predicted molar refractivity (Wildman–Crippen MR) is 102 cm³/mol. The summed E-state index contributed by atoms with van der Waals surface area (Å²) in [7, 11) is -3.75. The second kappa shape index (κ2) is 7.40. The number of fused-ring (bicyclic) bond motifs is 1. The Balaban J connectivity index is 1.88. The number of nitrogens with two attached hydrogens (primary N) is 1. The quantitative estimate of drug-likeness (QED) is 0.550. The molecule has 0 saturated heterocycles. The molecule has 10 heteroatoms. The monoisotopic (exact) mass is 392 g/mol. The third-order valence-corrected chi connectivity index (χ3v) is 4.65. The number of nitrogens with one attached hydrogen (secondary N) is 2. The van der Waals surface area contributed by atoms with E-state index < -0.39 is 10.0 Å². The maximum Gasteiger partial charge on any atom is 0.238 e. The molecule has 0 aliphatic carbocycles. The minimum Gasteiger partial charge on any atom is -0.368 e. The third-order valence-electron chi connectivity index (χ3n) is 3.53. The first-order valence-electron chi connectivity index (χ1n) is 7.80. The van der Waals surface area contributed by atoms with Crippen LogP contribution in [-0.2, 0) is 16.6 Å². The van der Waals surface area contributed by atoms with Crippen molar-refractivity contribution in [3.05, 3.63) is 47.1 Å². The van der Waals surface area contributed by atoms with Crippen LogP contribution in [-0.4, -0.2) is 29.9 Å². The van der Waals surface area contributed by atoms with Crippen LogP contribution in [0.4, 0.5) is 11.8 Å². The van der Waals surface area contributed by atoms with Crippen molar-refractivity contribution < 1.29 is 8.42 Å². The van der Waals surface area contributed by atoms with Gasteiger partial charge >= 0.3 is 0 Å². The number of rotatable bonds is 6. The average molecular weight is 393 g/mol. The van der Waals surface area contributed by atoms with Crippen LogP contribution in [0.3, 0.4) is 0 Å². The molecule has 0 atom stereocenters. The molecule has 0 saturated carbocycles. The minimum absolute atomic E-state index is 0.0587. The van der Waals surface area contributed by atoms with Crippen LogP contribution in [0, 0.1) is 0 Å². The standard InChI is InChI=1S/C16H17ClN6O2S/c1-2-19-15-14-12(6-7-13(17)22-14)21-16(23-15)20-9-10-4-3-5-11(8-10)26(18,24)25/h3-8H,2,9H2,1H3,(H2,18,24,25)(H2,19,20,21,23). The van der Waals surface area contributed by atoms with Crippen molar-refractivity contribution in [1.82, 2.24) is 15.0 Å². The van der Waals surface area contributed by atoms with Gasteiger partial charge in [0.2, 0.25) is 16.0 Å². The molecule has 3 aromatic rings. The van der Waals surface area contributed by atoms with Crippen molar-refractivity contribution in [3.63, 3.8) is 0 Å². The first-order chi connectivity index (χ1) is 12.4. The molecule has 0 unspecified atom stereocenters. The first kappa shape index (κ1) is 18.3. The summed E-state index contributed by atoms with van der Waals surface area (Å²) in [6, 6.07) is 9.80. The molecule has 0 radical (unpaired) electrons. The Morgan fingerprint density at radius 2 is 1.92 bits per heavy atom. The van der Waals surface area contributed by atoms with Gasteiger partial charge in [0, 0.05) is 13.1 Å². The number of benzene rings is 1. The molecule has 1 aromatic carbocycles. The van der Waals surface area contributed by atoms with E-state index in [1.54, 1.807) is 24.3 Å². The van der Waals surface area contributed by atoms with Gasteiger partial charge in [0.1, 0.15) is 10.7 Å². The second-order valence-corrected chi connectivity index (χ2v) is 7.42. The van der Waals surface area contributed by atoms with Crippen LogP contribution >= 0.6 is 11.6 Å². The summed E-state index contributed by atoms with van der Waals surface area (Å²) in [6.45, 7) is 2.95. The molecule has 0 bridgehead atoms. The second-order valence-electron chi connectivity index (χ2n) is 5.47. The summed E-state index contributed by atoms with van der Waals surface area (Å²) in [5.74, 6) is 0.958. The number of anilines is 2. The van der Waals surface area contributed by atoms with Gasteiger partial charge in [0.05, 0.1) is 10.4 Å². The Bertz CT molecular complexity index is 1060. The molecule has 2 heterocycles. The Kier molecular flexibility index (Phi) is 5.21. The lowest BCUT2D eigenvalue weighted by Gasteiger charge is -2.11. The van der Waals surface area contributed by atoms with E-state index in [9.17, 15) is 8.42 Å². The number of sulfonamides is 1. The number of pyridine rings is 1. The first-order valence-corrected chi connectivity index (χ1v) is 9.73. The van der Waals surface area contributed by atoms with Crippen LogP contribution in [0.1, 0.15) is 12.5 Å². The van der Waals surface area contributed by atoms with Gasteiger partial charge in [-0.25, -0.2) is 23.5 Å². The Labute approximate surface area is 155 Å². The molecule has 8 nitrogen and oxygen atoms in total. The molecule has 0 fully saturated rings. The Morgan fingerprint density at radius 3 is 2.65 bits per heavy atom. The van der Waals surface area contributed by atoms with E-state index in [1.165, 1.54) is 12.1 Å². The van der Waals surface area contributed by atoms with Gasteiger partial charge < -0.3 is 10.6 Å². The van der Waals surface area contributed by atoms with Gasteiger partial charge in [0.25, 0.3) is 0 Å². The maximum absolute atomic E-state index is 11.5. The fourth-order valence-electron chi connectivity index (χ4n) is 2.37. The number of nitrogens with zero attached hydrogens (tertiary/aromatic N) is 3. The van der Waals surface area contributed by atoms with Crippen LogP contribution < -0.4 is 15.8 Å². The van der Waals surface area contributed by atoms with E-state index in [4.69, 9.17) is 16.7 Å². The number of hydrogen-bond acceptors (Lipinski definition) is 7. The third kappa shape index (κ3) is 4.18.